The topological polar surface area (TPSA) is 62.1 Å². The van der Waals surface area contributed by atoms with Crippen LogP contribution in [0.2, 0.25) is 0 Å². The fourth-order valence-corrected chi connectivity index (χ4v) is 2.63. The van der Waals surface area contributed by atoms with Crippen LogP contribution in [0.1, 0.15) is 15.9 Å². The van der Waals surface area contributed by atoms with Crippen LogP contribution >= 0.6 is 0 Å². The molecule has 1 aromatic heterocycles. The molecule has 0 bridgehead atoms. The molecule has 0 unspecified atom stereocenters. The van der Waals surface area contributed by atoms with E-state index < -0.39 is 0 Å². The van der Waals surface area contributed by atoms with E-state index in [-0.39, 0.29) is 5.91 Å². The number of fused-ring (bicyclic) bond motifs is 1. The van der Waals surface area contributed by atoms with Crippen LogP contribution in [0.15, 0.2) is 54.7 Å². The van der Waals surface area contributed by atoms with E-state index in [1.165, 1.54) is 10.9 Å². The number of H-pyrrole nitrogens is 1. The van der Waals surface area contributed by atoms with Crippen molar-refractivity contribution in [3.8, 4) is 0 Å². The highest BCUT2D eigenvalue weighted by Gasteiger charge is 2.14. The van der Waals surface area contributed by atoms with Gasteiger partial charge in [-0.25, -0.2) is 0 Å². The number of hydrogen-bond donors (Lipinski definition) is 2. The summed E-state index contributed by atoms with van der Waals surface area (Å²) >= 11 is 0. The smallest absolute Gasteiger partial charge is 0.255 e. The predicted molar refractivity (Wildman–Crippen MR) is 89.8 cm³/mol. The summed E-state index contributed by atoms with van der Waals surface area (Å²) < 4.78 is 0. The number of rotatable bonds is 4. The van der Waals surface area contributed by atoms with Crippen LogP contribution in [0, 0.1) is 0 Å². The van der Waals surface area contributed by atoms with Crippen molar-refractivity contribution in [3.05, 3.63) is 65.9 Å². The standard InChI is InChI=1S/C18H19N3O/c1-21(18(22)15-7-2-4-8-16(15)19)11-10-13-12-20-17-9-5-3-6-14(13)17/h2-9,12,20H,10-11,19H2,1H3. The highest BCUT2D eigenvalue weighted by molar-refractivity contribution is 5.99. The van der Waals surface area contributed by atoms with Crippen LogP contribution in [0.25, 0.3) is 10.9 Å². The Balaban J connectivity index is 1.71. The Bertz CT molecular complexity index is 807. The van der Waals surface area contributed by atoms with Gasteiger partial charge in [0, 0.05) is 36.4 Å². The van der Waals surface area contributed by atoms with Crippen molar-refractivity contribution in [3.63, 3.8) is 0 Å². The number of aromatic amines is 1. The average Bonchev–Trinajstić information content (AvgIpc) is 2.95. The number of anilines is 1. The van der Waals surface area contributed by atoms with Crippen LogP contribution in [-0.4, -0.2) is 29.4 Å². The van der Waals surface area contributed by atoms with Gasteiger partial charge in [0.05, 0.1) is 5.56 Å². The fourth-order valence-electron chi connectivity index (χ4n) is 2.63. The van der Waals surface area contributed by atoms with Gasteiger partial charge in [-0.15, -0.1) is 0 Å². The number of nitrogens with one attached hydrogen (secondary N) is 1. The van der Waals surface area contributed by atoms with Gasteiger partial charge in [-0.2, -0.15) is 0 Å². The first-order valence-electron chi connectivity index (χ1n) is 7.32. The summed E-state index contributed by atoms with van der Waals surface area (Å²) in [6.45, 7) is 0.648. The number of benzene rings is 2. The number of amides is 1. The number of nitrogens with zero attached hydrogens (tertiary/aromatic N) is 1. The van der Waals surface area contributed by atoms with Gasteiger partial charge in [-0.05, 0) is 30.2 Å². The average molecular weight is 293 g/mol. The van der Waals surface area contributed by atoms with Crippen molar-refractivity contribution >= 4 is 22.5 Å². The van der Waals surface area contributed by atoms with Gasteiger partial charge in [0.15, 0.2) is 0 Å². The van der Waals surface area contributed by atoms with Gasteiger partial charge in [-0.1, -0.05) is 30.3 Å². The van der Waals surface area contributed by atoms with Gasteiger partial charge >= 0.3 is 0 Å². The molecule has 2 aromatic carbocycles. The molecule has 0 atom stereocenters. The molecule has 0 aliphatic rings. The van der Waals surface area contributed by atoms with E-state index in [0.717, 1.165) is 11.9 Å². The Hall–Kier alpha value is -2.75. The first-order valence-corrected chi connectivity index (χ1v) is 7.32. The summed E-state index contributed by atoms with van der Waals surface area (Å²) in [7, 11) is 1.81. The molecule has 1 heterocycles. The van der Waals surface area contributed by atoms with Crippen molar-refractivity contribution in [1.82, 2.24) is 9.88 Å². The number of hydrogen-bond acceptors (Lipinski definition) is 2. The van der Waals surface area contributed by atoms with Crippen molar-refractivity contribution in [2.24, 2.45) is 0 Å². The van der Waals surface area contributed by atoms with Crippen molar-refractivity contribution in [1.29, 1.82) is 0 Å². The molecule has 0 saturated carbocycles. The molecule has 0 spiro atoms. The number of likely N-dealkylation sites (N-methyl/N-ethyl adjacent to an activating group) is 1. The van der Waals surface area contributed by atoms with E-state index in [2.05, 4.69) is 17.1 Å². The second kappa shape index (κ2) is 5.93. The summed E-state index contributed by atoms with van der Waals surface area (Å²) in [5, 5.41) is 1.21. The zero-order chi connectivity index (χ0) is 15.5. The largest absolute Gasteiger partial charge is 0.398 e. The molecule has 3 aromatic rings. The maximum atomic E-state index is 12.4. The van der Waals surface area contributed by atoms with Gasteiger partial charge in [0.25, 0.3) is 5.91 Å². The Morgan fingerprint density at radius 3 is 2.68 bits per heavy atom. The molecule has 0 aliphatic carbocycles. The lowest BCUT2D eigenvalue weighted by molar-refractivity contribution is 0.0798. The number of para-hydroxylation sites is 2. The second-order valence-corrected chi connectivity index (χ2v) is 5.42. The lowest BCUT2D eigenvalue weighted by Gasteiger charge is -2.18. The maximum absolute atomic E-state index is 12.4. The third-order valence-electron chi connectivity index (χ3n) is 3.93. The van der Waals surface area contributed by atoms with Crippen LogP contribution < -0.4 is 5.73 Å². The summed E-state index contributed by atoms with van der Waals surface area (Å²) in [5.74, 6) is -0.0436. The number of nitrogens with two attached hydrogens (primary N) is 1. The van der Waals surface area contributed by atoms with E-state index in [1.54, 1.807) is 17.0 Å². The highest BCUT2D eigenvalue weighted by Crippen LogP contribution is 2.19. The molecule has 0 radical (unpaired) electrons. The molecule has 4 nitrogen and oxygen atoms in total. The van der Waals surface area contributed by atoms with Crippen LogP contribution in [0.5, 0.6) is 0 Å². The molecule has 0 fully saturated rings. The Kier molecular flexibility index (Phi) is 3.83. The van der Waals surface area contributed by atoms with E-state index in [0.29, 0.717) is 17.8 Å². The second-order valence-electron chi connectivity index (χ2n) is 5.42. The molecule has 4 heteroatoms. The normalized spacial score (nSPS) is 10.8. The number of nitrogen functional groups attached to an aromatic ring is 1. The zero-order valence-corrected chi connectivity index (χ0v) is 12.5. The Morgan fingerprint density at radius 1 is 1.14 bits per heavy atom. The van der Waals surface area contributed by atoms with E-state index in [4.69, 9.17) is 5.73 Å². The van der Waals surface area contributed by atoms with Crippen LogP contribution in [0.4, 0.5) is 5.69 Å². The zero-order valence-electron chi connectivity index (χ0n) is 12.5. The summed E-state index contributed by atoms with van der Waals surface area (Å²) in [4.78, 5) is 17.4. The van der Waals surface area contributed by atoms with E-state index in [1.807, 2.05) is 37.5 Å². The maximum Gasteiger partial charge on any atom is 0.255 e. The van der Waals surface area contributed by atoms with Gasteiger partial charge in [0.1, 0.15) is 0 Å². The molecule has 0 aliphatic heterocycles. The van der Waals surface area contributed by atoms with Crippen LogP contribution in [0.3, 0.4) is 0 Å². The molecule has 0 saturated heterocycles. The van der Waals surface area contributed by atoms with Crippen LogP contribution in [-0.2, 0) is 6.42 Å². The highest BCUT2D eigenvalue weighted by atomic mass is 16.2. The summed E-state index contributed by atoms with van der Waals surface area (Å²) in [5.41, 5.74) is 9.29. The number of carbonyl (C=O) groups excluding carboxylic acids is 1. The molecule has 3 rings (SSSR count). The predicted octanol–water partition coefficient (Wildman–Crippen LogP) is 3.06. The first-order chi connectivity index (χ1) is 10.7. The third-order valence-corrected chi connectivity index (χ3v) is 3.93. The third kappa shape index (κ3) is 2.68. The van der Waals surface area contributed by atoms with Crippen molar-refractivity contribution in [2.75, 3.05) is 19.3 Å². The fraction of sp³-hybridized carbons (Fsp3) is 0.167. The first kappa shape index (κ1) is 14.2. The number of carbonyl (C=O) groups is 1. The summed E-state index contributed by atoms with van der Waals surface area (Å²) in [6, 6.07) is 15.4. The minimum atomic E-state index is -0.0436. The van der Waals surface area contributed by atoms with Crippen molar-refractivity contribution in [2.45, 2.75) is 6.42 Å². The minimum Gasteiger partial charge on any atom is -0.398 e. The SMILES string of the molecule is CN(CCc1c[nH]c2ccccc12)C(=O)c1ccccc1N. The van der Waals surface area contributed by atoms with Crippen molar-refractivity contribution < 1.29 is 4.79 Å². The molecule has 3 N–H and O–H groups in total. The van der Waals surface area contributed by atoms with Gasteiger partial charge < -0.3 is 15.6 Å². The molecular formula is C18H19N3O. The van der Waals surface area contributed by atoms with E-state index >= 15 is 0 Å². The Morgan fingerprint density at radius 2 is 1.86 bits per heavy atom. The summed E-state index contributed by atoms with van der Waals surface area (Å²) in [6.07, 6.45) is 2.82. The van der Waals surface area contributed by atoms with Gasteiger partial charge in [-0.3, -0.25) is 4.79 Å². The molecule has 112 valence electrons. The minimum absolute atomic E-state index is 0.0436. The monoisotopic (exact) mass is 293 g/mol. The lowest BCUT2D eigenvalue weighted by atomic mass is 10.1. The van der Waals surface area contributed by atoms with E-state index in [9.17, 15) is 4.79 Å². The molecular weight excluding hydrogens is 274 g/mol. The lowest BCUT2D eigenvalue weighted by Crippen LogP contribution is -2.29. The van der Waals surface area contributed by atoms with Gasteiger partial charge in [0.2, 0.25) is 0 Å². The quantitative estimate of drug-likeness (QED) is 0.726. The molecule has 1 amide bonds. The number of aromatic nitrogens is 1. The Labute approximate surface area is 129 Å². The molecule has 22 heavy (non-hydrogen) atoms.